The van der Waals surface area contributed by atoms with Crippen LogP contribution in [0.1, 0.15) is 5.56 Å². The second-order valence-electron chi connectivity index (χ2n) is 5.21. The van der Waals surface area contributed by atoms with Crippen molar-refractivity contribution in [3.8, 4) is 0 Å². The van der Waals surface area contributed by atoms with Crippen LogP contribution in [0.5, 0.6) is 0 Å². The van der Waals surface area contributed by atoms with Gasteiger partial charge in [0, 0.05) is 20.9 Å². The highest BCUT2D eigenvalue weighted by atomic mass is 35.5. The van der Waals surface area contributed by atoms with Gasteiger partial charge in [-0.25, -0.2) is 0 Å². The Hall–Kier alpha value is -1.82. The third-order valence-electron chi connectivity index (χ3n) is 3.76. The molecule has 0 unspecified atom stereocenters. The minimum atomic E-state index is -2.91. The van der Waals surface area contributed by atoms with Crippen LogP contribution in [0.15, 0.2) is 78.9 Å². The molecule has 0 aliphatic rings. The Labute approximate surface area is 136 Å². The molecule has 3 rings (SSSR count). The summed E-state index contributed by atoms with van der Waals surface area (Å²) in [4.78, 5) is 0. The summed E-state index contributed by atoms with van der Waals surface area (Å²) in [5.41, 5.74) is 0.984. The van der Waals surface area contributed by atoms with Gasteiger partial charge in [0.25, 0.3) is 0 Å². The van der Waals surface area contributed by atoms with Gasteiger partial charge < -0.3 is 4.57 Å². The zero-order valence-electron chi connectivity index (χ0n) is 12.2. The van der Waals surface area contributed by atoms with Gasteiger partial charge in [0.15, 0.2) is 7.14 Å². The van der Waals surface area contributed by atoms with Gasteiger partial charge in [-0.2, -0.15) is 0 Å². The molecule has 0 N–H and O–H groups in total. The smallest absolute Gasteiger partial charge is 0.171 e. The fourth-order valence-electron chi connectivity index (χ4n) is 2.50. The maximum absolute atomic E-state index is 14.0. The molecule has 0 aromatic heterocycles. The molecular formula is C19H16ClOP. The largest absolute Gasteiger partial charge is 0.309 e. The summed E-state index contributed by atoms with van der Waals surface area (Å²) in [5.74, 6) is 0. The van der Waals surface area contributed by atoms with Crippen molar-refractivity contribution in [1.29, 1.82) is 0 Å². The molecule has 0 aliphatic carbocycles. The summed E-state index contributed by atoms with van der Waals surface area (Å²) in [5, 5.41) is 3.05. The molecular weight excluding hydrogens is 311 g/mol. The minimum Gasteiger partial charge on any atom is -0.309 e. The van der Waals surface area contributed by atoms with Gasteiger partial charge in [-0.15, -0.1) is 0 Å². The summed E-state index contributed by atoms with van der Waals surface area (Å²) in [6, 6.07) is 24.9. The molecule has 110 valence electrons. The molecule has 0 spiro atoms. The van der Waals surface area contributed by atoms with Crippen LogP contribution in [0, 0.1) is 6.92 Å². The normalized spacial score (nSPS) is 11.4. The van der Waals surface area contributed by atoms with E-state index in [1.54, 1.807) is 0 Å². The summed E-state index contributed by atoms with van der Waals surface area (Å²) < 4.78 is 14.0. The van der Waals surface area contributed by atoms with Gasteiger partial charge in [-0.05, 0) is 18.6 Å². The highest BCUT2D eigenvalue weighted by molar-refractivity contribution is 7.85. The van der Waals surface area contributed by atoms with Crippen molar-refractivity contribution >= 4 is 34.7 Å². The maximum atomic E-state index is 14.0. The van der Waals surface area contributed by atoms with Crippen LogP contribution in [-0.2, 0) is 4.57 Å². The molecule has 0 fully saturated rings. The Morgan fingerprint density at radius 3 is 1.68 bits per heavy atom. The van der Waals surface area contributed by atoms with Gasteiger partial charge >= 0.3 is 0 Å². The van der Waals surface area contributed by atoms with E-state index < -0.39 is 7.14 Å². The predicted molar refractivity (Wildman–Crippen MR) is 95.6 cm³/mol. The first-order valence-electron chi connectivity index (χ1n) is 7.10. The third kappa shape index (κ3) is 2.63. The summed E-state index contributed by atoms with van der Waals surface area (Å²) in [6.07, 6.45) is 0. The van der Waals surface area contributed by atoms with E-state index in [1.165, 1.54) is 0 Å². The van der Waals surface area contributed by atoms with E-state index in [0.29, 0.717) is 5.02 Å². The third-order valence-corrected chi connectivity index (χ3v) is 7.22. The summed E-state index contributed by atoms with van der Waals surface area (Å²) in [7, 11) is -2.91. The van der Waals surface area contributed by atoms with Gasteiger partial charge in [0.2, 0.25) is 0 Å². The van der Waals surface area contributed by atoms with Crippen LogP contribution in [0.4, 0.5) is 0 Å². The fraction of sp³-hybridized carbons (Fsp3) is 0.0526. The molecule has 0 radical (unpaired) electrons. The van der Waals surface area contributed by atoms with E-state index >= 15 is 0 Å². The number of halogens is 1. The van der Waals surface area contributed by atoms with Crippen LogP contribution in [-0.4, -0.2) is 0 Å². The Morgan fingerprint density at radius 2 is 1.23 bits per heavy atom. The lowest BCUT2D eigenvalue weighted by Gasteiger charge is -2.20. The zero-order valence-corrected chi connectivity index (χ0v) is 13.9. The molecule has 0 bridgehead atoms. The summed E-state index contributed by atoms with van der Waals surface area (Å²) in [6.45, 7) is 1.95. The Kier molecular flexibility index (Phi) is 4.20. The van der Waals surface area contributed by atoms with Crippen LogP contribution < -0.4 is 15.9 Å². The second kappa shape index (κ2) is 6.12. The molecule has 0 aliphatic heterocycles. The van der Waals surface area contributed by atoms with Crippen molar-refractivity contribution in [2.75, 3.05) is 0 Å². The lowest BCUT2D eigenvalue weighted by molar-refractivity contribution is 0.592. The Bertz CT molecular complexity index is 785. The number of aryl methyl sites for hydroxylation is 1. The first-order valence-corrected chi connectivity index (χ1v) is 9.19. The number of hydrogen-bond donors (Lipinski definition) is 0. The SMILES string of the molecule is Cc1ccc(P(=O)(c2ccccc2)c2ccccc2)cc1Cl. The average Bonchev–Trinajstić information content (AvgIpc) is 2.58. The van der Waals surface area contributed by atoms with Crippen molar-refractivity contribution in [3.05, 3.63) is 89.4 Å². The van der Waals surface area contributed by atoms with E-state index in [9.17, 15) is 4.57 Å². The Morgan fingerprint density at radius 1 is 0.727 bits per heavy atom. The van der Waals surface area contributed by atoms with E-state index in [0.717, 1.165) is 21.5 Å². The van der Waals surface area contributed by atoms with Crippen LogP contribution in [0.25, 0.3) is 0 Å². The van der Waals surface area contributed by atoms with Crippen molar-refractivity contribution in [2.24, 2.45) is 0 Å². The van der Waals surface area contributed by atoms with Crippen LogP contribution in [0.3, 0.4) is 0 Å². The molecule has 3 aromatic carbocycles. The first kappa shape index (κ1) is 15.1. The van der Waals surface area contributed by atoms with Crippen molar-refractivity contribution in [1.82, 2.24) is 0 Å². The lowest BCUT2D eigenvalue weighted by Crippen LogP contribution is -2.25. The van der Waals surface area contributed by atoms with E-state index in [2.05, 4.69) is 0 Å². The van der Waals surface area contributed by atoms with Crippen LogP contribution in [0.2, 0.25) is 5.02 Å². The molecule has 3 aromatic rings. The number of rotatable bonds is 3. The van der Waals surface area contributed by atoms with Gasteiger partial charge in [0.1, 0.15) is 0 Å². The van der Waals surface area contributed by atoms with Gasteiger partial charge in [-0.1, -0.05) is 84.4 Å². The second-order valence-corrected chi connectivity index (χ2v) is 8.39. The molecule has 0 heterocycles. The standard InChI is InChI=1S/C19H16ClOP/c1-15-12-13-18(14-19(15)20)22(21,16-8-4-2-5-9-16)17-10-6-3-7-11-17/h2-14H,1H3. The van der Waals surface area contributed by atoms with Crippen molar-refractivity contribution in [3.63, 3.8) is 0 Å². The molecule has 0 amide bonds. The number of hydrogen-bond acceptors (Lipinski definition) is 1. The molecule has 0 atom stereocenters. The van der Waals surface area contributed by atoms with E-state index in [-0.39, 0.29) is 0 Å². The van der Waals surface area contributed by atoms with E-state index in [4.69, 9.17) is 11.6 Å². The van der Waals surface area contributed by atoms with E-state index in [1.807, 2.05) is 85.8 Å². The number of benzene rings is 3. The van der Waals surface area contributed by atoms with Crippen molar-refractivity contribution in [2.45, 2.75) is 6.92 Å². The monoisotopic (exact) mass is 326 g/mol. The quantitative estimate of drug-likeness (QED) is 0.656. The minimum absolute atomic E-state index is 0.643. The predicted octanol–water partition coefficient (Wildman–Crippen LogP) is 4.29. The highest BCUT2D eigenvalue weighted by Crippen LogP contribution is 2.42. The molecule has 22 heavy (non-hydrogen) atoms. The molecule has 0 saturated carbocycles. The first-order chi connectivity index (χ1) is 10.6. The fourth-order valence-corrected chi connectivity index (χ4v) is 5.43. The van der Waals surface area contributed by atoms with Gasteiger partial charge in [-0.3, -0.25) is 0 Å². The Balaban J connectivity index is 2.28. The molecule has 3 heteroatoms. The molecule has 0 saturated heterocycles. The molecule has 1 nitrogen and oxygen atoms in total. The van der Waals surface area contributed by atoms with Crippen LogP contribution >= 0.6 is 18.7 Å². The maximum Gasteiger partial charge on any atom is 0.171 e. The average molecular weight is 327 g/mol. The lowest BCUT2D eigenvalue weighted by atomic mass is 10.2. The zero-order chi connectivity index (χ0) is 15.6. The van der Waals surface area contributed by atoms with Crippen molar-refractivity contribution < 1.29 is 4.57 Å². The highest BCUT2D eigenvalue weighted by Gasteiger charge is 2.29. The van der Waals surface area contributed by atoms with Gasteiger partial charge in [0.05, 0.1) is 0 Å². The summed E-state index contributed by atoms with van der Waals surface area (Å²) >= 11 is 6.27. The topological polar surface area (TPSA) is 17.1 Å².